The molecule has 0 radical (unpaired) electrons. The fourth-order valence-electron chi connectivity index (χ4n) is 1.97. The lowest BCUT2D eigenvalue weighted by atomic mass is 10.1. The van der Waals surface area contributed by atoms with Gasteiger partial charge in [0.2, 0.25) is 0 Å². The molecule has 0 aromatic heterocycles. The molecule has 1 fully saturated rings. The number of hydrogen-bond acceptors (Lipinski definition) is 3. The van der Waals surface area contributed by atoms with E-state index in [0.717, 1.165) is 37.7 Å². The van der Waals surface area contributed by atoms with Crippen LogP contribution in [0.1, 0.15) is 26.7 Å². The molecule has 0 aromatic rings. The number of nitrogens with one attached hydrogen (secondary N) is 1. The Morgan fingerprint density at radius 1 is 1.40 bits per heavy atom. The first-order valence-corrected chi connectivity index (χ1v) is 7.52. The molecule has 90 valence electrons. The SMILES string of the molecule is CCNCCCC(C)N1CCS(=O)CC1. The minimum absolute atomic E-state index is 0.540. The molecule has 1 heterocycles. The molecular weight excluding hydrogens is 208 g/mol. The summed E-state index contributed by atoms with van der Waals surface area (Å²) in [6.45, 7) is 8.67. The van der Waals surface area contributed by atoms with Gasteiger partial charge in [-0.2, -0.15) is 0 Å². The molecule has 0 aromatic carbocycles. The van der Waals surface area contributed by atoms with Crippen LogP contribution in [0.3, 0.4) is 0 Å². The van der Waals surface area contributed by atoms with Crippen LogP contribution >= 0.6 is 0 Å². The van der Waals surface area contributed by atoms with E-state index in [1.54, 1.807) is 0 Å². The molecule has 0 aliphatic carbocycles. The van der Waals surface area contributed by atoms with Crippen LogP contribution in [0.5, 0.6) is 0 Å². The predicted octanol–water partition coefficient (Wildman–Crippen LogP) is 0.829. The van der Waals surface area contributed by atoms with Crippen molar-refractivity contribution in [2.24, 2.45) is 0 Å². The van der Waals surface area contributed by atoms with Crippen molar-refractivity contribution in [3.8, 4) is 0 Å². The van der Waals surface area contributed by atoms with Gasteiger partial charge < -0.3 is 5.32 Å². The molecule has 1 aliphatic rings. The van der Waals surface area contributed by atoms with Gasteiger partial charge in [-0.25, -0.2) is 0 Å². The average Bonchev–Trinajstić information content (AvgIpc) is 2.25. The fourth-order valence-corrected chi connectivity index (χ4v) is 3.06. The Morgan fingerprint density at radius 2 is 2.07 bits per heavy atom. The van der Waals surface area contributed by atoms with Crippen LogP contribution in [-0.4, -0.2) is 52.8 Å². The van der Waals surface area contributed by atoms with Crippen molar-refractivity contribution in [3.63, 3.8) is 0 Å². The third-order valence-electron chi connectivity index (χ3n) is 3.06. The molecule has 1 rings (SSSR count). The molecule has 1 saturated heterocycles. The molecule has 0 spiro atoms. The Hall–Kier alpha value is 0.0700. The van der Waals surface area contributed by atoms with Gasteiger partial charge in [0.25, 0.3) is 0 Å². The van der Waals surface area contributed by atoms with E-state index < -0.39 is 10.8 Å². The van der Waals surface area contributed by atoms with E-state index in [1.807, 2.05) is 0 Å². The molecule has 1 unspecified atom stereocenters. The third-order valence-corrected chi connectivity index (χ3v) is 4.34. The second-order valence-electron chi connectivity index (χ2n) is 4.23. The van der Waals surface area contributed by atoms with Crippen molar-refractivity contribution in [3.05, 3.63) is 0 Å². The quantitative estimate of drug-likeness (QED) is 0.689. The number of hydrogen-bond donors (Lipinski definition) is 1. The summed E-state index contributed by atoms with van der Waals surface area (Å²) in [5.41, 5.74) is 0. The van der Waals surface area contributed by atoms with Gasteiger partial charge in [0.05, 0.1) is 0 Å². The van der Waals surface area contributed by atoms with Gasteiger partial charge >= 0.3 is 0 Å². The van der Waals surface area contributed by atoms with Crippen molar-refractivity contribution in [1.82, 2.24) is 10.2 Å². The van der Waals surface area contributed by atoms with Crippen molar-refractivity contribution >= 4 is 10.8 Å². The van der Waals surface area contributed by atoms with Crippen LogP contribution in [0.25, 0.3) is 0 Å². The molecular formula is C11H24N2OS. The van der Waals surface area contributed by atoms with Gasteiger partial charge in [-0.1, -0.05) is 6.92 Å². The summed E-state index contributed by atoms with van der Waals surface area (Å²) in [6, 6.07) is 0.654. The lowest BCUT2D eigenvalue weighted by Gasteiger charge is -2.32. The van der Waals surface area contributed by atoms with Gasteiger partial charge in [0, 0.05) is 41.4 Å². The largest absolute Gasteiger partial charge is 0.317 e. The molecule has 0 amide bonds. The molecule has 0 saturated carbocycles. The van der Waals surface area contributed by atoms with Crippen LogP contribution < -0.4 is 5.32 Å². The minimum Gasteiger partial charge on any atom is -0.317 e. The summed E-state index contributed by atoms with van der Waals surface area (Å²) in [5, 5.41) is 3.35. The van der Waals surface area contributed by atoms with Crippen LogP contribution in [0.15, 0.2) is 0 Å². The topological polar surface area (TPSA) is 32.3 Å². The van der Waals surface area contributed by atoms with E-state index in [-0.39, 0.29) is 0 Å². The Balaban J connectivity index is 2.11. The highest BCUT2D eigenvalue weighted by molar-refractivity contribution is 7.85. The Kier molecular flexibility index (Phi) is 6.45. The highest BCUT2D eigenvalue weighted by atomic mass is 32.2. The monoisotopic (exact) mass is 232 g/mol. The molecule has 0 bridgehead atoms. The lowest BCUT2D eigenvalue weighted by Crippen LogP contribution is -2.43. The summed E-state index contributed by atoms with van der Waals surface area (Å²) in [5.74, 6) is 1.75. The second kappa shape index (κ2) is 7.36. The molecule has 3 nitrogen and oxygen atoms in total. The molecule has 4 heteroatoms. The average molecular weight is 232 g/mol. The maximum absolute atomic E-state index is 11.2. The maximum atomic E-state index is 11.2. The van der Waals surface area contributed by atoms with Crippen LogP contribution in [0.2, 0.25) is 0 Å². The van der Waals surface area contributed by atoms with Crippen molar-refractivity contribution in [1.29, 1.82) is 0 Å². The van der Waals surface area contributed by atoms with Crippen LogP contribution in [0, 0.1) is 0 Å². The lowest BCUT2D eigenvalue weighted by molar-refractivity contribution is 0.215. The zero-order chi connectivity index (χ0) is 11.1. The summed E-state index contributed by atoms with van der Waals surface area (Å²) < 4.78 is 11.2. The Labute approximate surface area is 96.1 Å². The first-order valence-electron chi connectivity index (χ1n) is 6.03. The smallest absolute Gasteiger partial charge is 0.0363 e. The molecule has 1 aliphatic heterocycles. The summed E-state index contributed by atoms with van der Waals surface area (Å²) in [6.07, 6.45) is 2.49. The maximum Gasteiger partial charge on any atom is 0.0363 e. The zero-order valence-corrected chi connectivity index (χ0v) is 10.8. The number of nitrogens with zero attached hydrogens (tertiary/aromatic N) is 1. The van der Waals surface area contributed by atoms with E-state index in [4.69, 9.17) is 0 Å². The summed E-state index contributed by atoms with van der Waals surface area (Å²) in [7, 11) is -0.540. The molecule has 1 atom stereocenters. The molecule has 1 N–H and O–H groups in total. The van der Waals surface area contributed by atoms with Crippen molar-refractivity contribution in [2.45, 2.75) is 32.7 Å². The van der Waals surface area contributed by atoms with E-state index >= 15 is 0 Å². The summed E-state index contributed by atoms with van der Waals surface area (Å²) in [4.78, 5) is 2.48. The van der Waals surface area contributed by atoms with E-state index in [0.29, 0.717) is 6.04 Å². The van der Waals surface area contributed by atoms with Gasteiger partial charge in [-0.3, -0.25) is 9.11 Å². The Morgan fingerprint density at radius 3 is 2.67 bits per heavy atom. The second-order valence-corrected chi connectivity index (χ2v) is 5.92. The first kappa shape index (κ1) is 13.1. The van der Waals surface area contributed by atoms with Gasteiger partial charge in [0.1, 0.15) is 0 Å². The highest BCUT2D eigenvalue weighted by Crippen LogP contribution is 2.09. The standard InChI is InChI=1S/C11H24N2OS/c1-3-12-6-4-5-11(2)13-7-9-15(14)10-8-13/h11-12H,3-10H2,1-2H3. The minimum atomic E-state index is -0.540. The third kappa shape index (κ3) is 5.09. The van der Waals surface area contributed by atoms with Gasteiger partial charge in [-0.15, -0.1) is 0 Å². The first-order chi connectivity index (χ1) is 7.24. The highest BCUT2D eigenvalue weighted by Gasteiger charge is 2.19. The number of rotatable bonds is 6. The summed E-state index contributed by atoms with van der Waals surface area (Å²) >= 11 is 0. The zero-order valence-electron chi connectivity index (χ0n) is 10.00. The van der Waals surface area contributed by atoms with Crippen molar-refractivity contribution in [2.75, 3.05) is 37.7 Å². The Bertz CT molecular complexity index is 189. The van der Waals surface area contributed by atoms with E-state index in [9.17, 15) is 4.21 Å². The van der Waals surface area contributed by atoms with Crippen LogP contribution in [0.4, 0.5) is 0 Å². The van der Waals surface area contributed by atoms with Gasteiger partial charge in [-0.05, 0) is 32.9 Å². The van der Waals surface area contributed by atoms with E-state index in [2.05, 4.69) is 24.1 Å². The predicted molar refractivity (Wildman–Crippen MR) is 66.7 cm³/mol. The fraction of sp³-hybridized carbons (Fsp3) is 1.00. The van der Waals surface area contributed by atoms with Gasteiger partial charge in [0.15, 0.2) is 0 Å². The van der Waals surface area contributed by atoms with Crippen LogP contribution in [-0.2, 0) is 10.8 Å². The van der Waals surface area contributed by atoms with Crippen molar-refractivity contribution < 1.29 is 4.21 Å². The normalized spacial score (nSPS) is 21.7. The molecule has 15 heavy (non-hydrogen) atoms. The van der Waals surface area contributed by atoms with E-state index in [1.165, 1.54) is 12.8 Å².